The largest absolute Gasteiger partial charge is 0.357 e. The maximum Gasteiger partial charge on any atom is 0.178 e. The molecule has 0 bridgehead atoms. The molecule has 6 heteroatoms. The number of anilines is 1. The second-order valence-electron chi connectivity index (χ2n) is 8.87. The Balaban J connectivity index is 1.46. The van der Waals surface area contributed by atoms with Crippen molar-refractivity contribution in [2.24, 2.45) is 5.92 Å². The fourth-order valence-corrected chi connectivity index (χ4v) is 4.66. The number of hydrogen-bond acceptors (Lipinski definition) is 5. The van der Waals surface area contributed by atoms with Crippen LogP contribution in [0.25, 0.3) is 22.6 Å². The van der Waals surface area contributed by atoms with Gasteiger partial charge in [-0.25, -0.2) is 15.0 Å². The first kappa shape index (κ1) is 21.5. The van der Waals surface area contributed by atoms with Gasteiger partial charge in [0.15, 0.2) is 5.65 Å². The summed E-state index contributed by atoms with van der Waals surface area (Å²) in [6.07, 6.45) is 12.0. The Kier molecular flexibility index (Phi) is 6.95. The van der Waals surface area contributed by atoms with Gasteiger partial charge in [0, 0.05) is 37.0 Å². The van der Waals surface area contributed by atoms with Crippen molar-refractivity contribution in [1.29, 1.82) is 0 Å². The van der Waals surface area contributed by atoms with Crippen molar-refractivity contribution in [3.05, 3.63) is 35.7 Å². The van der Waals surface area contributed by atoms with Gasteiger partial charge >= 0.3 is 0 Å². The minimum Gasteiger partial charge on any atom is -0.357 e. The van der Waals surface area contributed by atoms with Crippen molar-refractivity contribution >= 4 is 23.3 Å². The zero-order valence-corrected chi connectivity index (χ0v) is 18.7. The molecule has 3 aromatic rings. The third-order valence-corrected chi connectivity index (χ3v) is 6.39. The fourth-order valence-electron chi connectivity index (χ4n) is 4.66. The molecule has 1 N–H and O–H groups in total. The van der Waals surface area contributed by atoms with Crippen molar-refractivity contribution in [1.82, 2.24) is 19.9 Å². The van der Waals surface area contributed by atoms with E-state index in [-0.39, 0.29) is 0 Å². The molecule has 0 saturated carbocycles. The van der Waals surface area contributed by atoms with Crippen LogP contribution >= 0.6 is 0 Å². The number of aromatic amines is 1. The third-order valence-electron chi connectivity index (χ3n) is 6.39. The summed E-state index contributed by atoms with van der Waals surface area (Å²) < 4.78 is 0. The van der Waals surface area contributed by atoms with E-state index >= 15 is 0 Å². The first-order chi connectivity index (χ1) is 15.1. The van der Waals surface area contributed by atoms with Crippen LogP contribution in [-0.2, 0) is 4.79 Å². The van der Waals surface area contributed by atoms with Gasteiger partial charge in [-0.1, -0.05) is 25.7 Å². The molecule has 1 fully saturated rings. The molecule has 6 nitrogen and oxygen atoms in total. The summed E-state index contributed by atoms with van der Waals surface area (Å²) in [5.41, 5.74) is 4.87. The number of imidazole rings is 1. The van der Waals surface area contributed by atoms with Gasteiger partial charge in [-0.05, 0) is 62.8 Å². The van der Waals surface area contributed by atoms with E-state index in [1.54, 1.807) is 0 Å². The van der Waals surface area contributed by atoms with Gasteiger partial charge in [0.1, 0.15) is 17.9 Å². The predicted molar refractivity (Wildman–Crippen MR) is 125 cm³/mol. The Bertz CT molecular complexity index is 1010. The van der Waals surface area contributed by atoms with E-state index in [0.717, 1.165) is 78.3 Å². The number of pyridine rings is 2. The molecule has 0 spiro atoms. The van der Waals surface area contributed by atoms with Crippen LogP contribution < -0.4 is 4.90 Å². The number of nitrogens with one attached hydrogen (secondary N) is 1. The average Bonchev–Trinajstić information content (AvgIpc) is 3.17. The average molecular weight is 420 g/mol. The van der Waals surface area contributed by atoms with Crippen LogP contribution in [0, 0.1) is 19.8 Å². The number of nitrogens with zero attached hydrogens (tertiary/aromatic N) is 4. The molecule has 0 radical (unpaired) electrons. The SMILES string of the molecule is Cc1cc(C)c2[nH]c(-c3ccc(N4CCCCCC(CC=O)CCCC4)nc3)nc2n1. The van der Waals surface area contributed by atoms with Crippen molar-refractivity contribution in [2.45, 2.75) is 65.2 Å². The van der Waals surface area contributed by atoms with Crippen molar-refractivity contribution in [2.75, 3.05) is 18.0 Å². The number of rotatable bonds is 4. The van der Waals surface area contributed by atoms with Gasteiger partial charge in [-0.2, -0.15) is 0 Å². The molecule has 3 aromatic heterocycles. The normalized spacial score (nSPS) is 18.6. The van der Waals surface area contributed by atoms with E-state index in [4.69, 9.17) is 4.98 Å². The highest BCUT2D eigenvalue weighted by Gasteiger charge is 2.14. The van der Waals surface area contributed by atoms with Crippen molar-refractivity contribution in [3.63, 3.8) is 0 Å². The zero-order valence-electron chi connectivity index (χ0n) is 18.7. The van der Waals surface area contributed by atoms with Gasteiger partial charge in [0.2, 0.25) is 0 Å². The Morgan fingerprint density at radius 3 is 2.58 bits per heavy atom. The number of aryl methyl sites for hydroxylation is 2. The van der Waals surface area contributed by atoms with Crippen molar-refractivity contribution in [3.8, 4) is 11.4 Å². The summed E-state index contributed by atoms with van der Waals surface area (Å²) in [5, 5.41) is 0. The van der Waals surface area contributed by atoms with E-state index in [9.17, 15) is 4.79 Å². The molecule has 1 aliphatic rings. The van der Waals surface area contributed by atoms with Gasteiger partial charge in [-0.3, -0.25) is 0 Å². The molecule has 4 heterocycles. The molecule has 1 aliphatic heterocycles. The molecular formula is C25H33N5O. The maximum atomic E-state index is 10.9. The minimum absolute atomic E-state index is 0.576. The first-order valence-electron chi connectivity index (χ1n) is 11.6. The molecular weight excluding hydrogens is 386 g/mol. The second-order valence-corrected chi connectivity index (χ2v) is 8.87. The first-order valence-corrected chi connectivity index (χ1v) is 11.6. The van der Waals surface area contributed by atoms with Gasteiger partial charge < -0.3 is 14.7 Å². The molecule has 4 rings (SSSR count). The Labute approximate surface area is 184 Å². The Morgan fingerprint density at radius 1 is 1.06 bits per heavy atom. The van der Waals surface area contributed by atoms with E-state index < -0.39 is 0 Å². The molecule has 1 unspecified atom stereocenters. The predicted octanol–water partition coefficient (Wildman–Crippen LogP) is 5.39. The monoisotopic (exact) mass is 419 g/mol. The third kappa shape index (κ3) is 5.30. The number of hydrogen-bond donors (Lipinski definition) is 1. The lowest BCUT2D eigenvalue weighted by Crippen LogP contribution is -2.26. The summed E-state index contributed by atoms with van der Waals surface area (Å²) in [6, 6.07) is 6.29. The number of carbonyl (C=O) groups excluding carboxylic acids is 1. The van der Waals surface area contributed by atoms with Crippen LogP contribution in [0.1, 0.15) is 62.6 Å². The smallest absolute Gasteiger partial charge is 0.178 e. The Hall–Kier alpha value is -2.76. The van der Waals surface area contributed by atoms with Crippen LogP contribution in [0.3, 0.4) is 0 Å². The number of aromatic nitrogens is 4. The summed E-state index contributed by atoms with van der Waals surface area (Å²) in [7, 11) is 0. The Morgan fingerprint density at radius 2 is 1.84 bits per heavy atom. The van der Waals surface area contributed by atoms with E-state index in [1.807, 2.05) is 13.1 Å². The highest BCUT2D eigenvalue weighted by atomic mass is 16.1. The number of carbonyl (C=O) groups is 1. The van der Waals surface area contributed by atoms with Crippen LogP contribution in [0.4, 0.5) is 5.82 Å². The topological polar surface area (TPSA) is 74.8 Å². The lowest BCUT2D eigenvalue weighted by atomic mass is 9.93. The minimum atomic E-state index is 0.576. The molecule has 31 heavy (non-hydrogen) atoms. The lowest BCUT2D eigenvalue weighted by Gasteiger charge is -2.23. The number of aldehydes is 1. The summed E-state index contributed by atoms with van der Waals surface area (Å²) in [5.74, 6) is 2.43. The fraction of sp³-hybridized carbons (Fsp3) is 0.520. The molecule has 164 valence electrons. The molecule has 0 aliphatic carbocycles. The van der Waals surface area contributed by atoms with Gasteiger partial charge in [0.25, 0.3) is 0 Å². The molecule has 1 saturated heterocycles. The van der Waals surface area contributed by atoms with Gasteiger partial charge in [0.05, 0.1) is 5.52 Å². The standard InChI is InChI=1S/C25H33N5O/c1-18-16-19(2)27-25-23(18)28-24(29-25)21-10-11-22(26-17-21)30-13-6-3-4-8-20(12-15-31)9-5-7-14-30/h10-11,15-17,20H,3-9,12-14H2,1-2H3,(H,27,28,29). The van der Waals surface area contributed by atoms with E-state index in [0.29, 0.717) is 5.92 Å². The van der Waals surface area contributed by atoms with Gasteiger partial charge in [-0.15, -0.1) is 0 Å². The van der Waals surface area contributed by atoms with Crippen LogP contribution in [0.15, 0.2) is 24.4 Å². The quantitative estimate of drug-likeness (QED) is 0.574. The lowest BCUT2D eigenvalue weighted by molar-refractivity contribution is -0.108. The van der Waals surface area contributed by atoms with Crippen LogP contribution in [0.2, 0.25) is 0 Å². The summed E-state index contributed by atoms with van der Waals surface area (Å²) in [6.45, 7) is 6.14. The highest BCUT2D eigenvalue weighted by Crippen LogP contribution is 2.25. The highest BCUT2D eigenvalue weighted by molar-refractivity contribution is 5.79. The molecule has 1 atom stereocenters. The molecule has 0 amide bonds. The summed E-state index contributed by atoms with van der Waals surface area (Å²) in [4.78, 5) is 30.7. The summed E-state index contributed by atoms with van der Waals surface area (Å²) >= 11 is 0. The second kappa shape index (κ2) is 10.0. The zero-order chi connectivity index (χ0) is 21.6. The van der Waals surface area contributed by atoms with E-state index in [1.165, 1.54) is 32.1 Å². The van der Waals surface area contributed by atoms with Crippen LogP contribution in [0.5, 0.6) is 0 Å². The number of fused-ring (bicyclic) bond motifs is 1. The van der Waals surface area contributed by atoms with Crippen molar-refractivity contribution < 1.29 is 4.79 Å². The molecule has 0 aromatic carbocycles. The number of H-pyrrole nitrogens is 1. The van der Waals surface area contributed by atoms with E-state index in [2.05, 4.69) is 45.0 Å². The maximum absolute atomic E-state index is 10.9. The van der Waals surface area contributed by atoms with Crippen LogP contribution in [-0.4, -0.2) is 39.3 Å².